The average molecular weight is 292 g/mol. The second-order valence-electron chi connectivity index (χ2n) is 4.54. The van der Waals surface area contributed by atoms with Crippen molar-refractivity contribution in [3.8, 4) is 5.75 Å². The summed E-state index contributed by atoms with van der Waals surface area (Å²) < 4.78 is 10.9. The monoisotopic (exact) mass is 292 g/mol. The summed E-state index contributed by atoms with van der Waals surface area (Å²) in [6.45, 7) is 6.49. The topological polar surface area (TPSA) is 61.3 Å². The van der Waals surface area contributed by atoms with Crippen LogP contribution in [-0.4, -0.2) is 17.3 Å². The van der Waals surface area contributed by atoms with E-state index in [4.69, 9.17) is 14.9 Å². The second kappa shape index (κ2) is 6.81. The Morgan fingerprint density at radius 2 is 2.00 bits per heavy atom. The molecule has 0 saturated carbocycles. The summed E-state index contributed by atoms with van der Waals surface area (Å²) in [6.07, 6.45) is 0. The van der Waals surface area contributed by atoms with Crippen molar-refractivity contribution >= 4 is 11.8 Å². The third kappa shape index (κ3) is 3.77. The average Bonchev–Trinajstić information content (AvgIpc) is 2.76. The Labute approximate surface area is 123 Å². The maximum Gasteiger partial charge on any atom is 0.256 e. The lowest BCUT2D eigenvalue weighted by Gasteiger charge is -2.11. The summed E-state index contributed by atoms with van der Waals surface area (Å²) in [4.78, 5) is 4.34. The Balaban J connectivity index is 1.92. The van der Waals surface area contributed by atoms with Crippen LogP contribution in [0.2, 0.25) is 0 Å². The normalized spacial score (nSPS) is 12.4. The molecule has 0 aliphatic heterocycles. The van der Waals surface area contributed by atoms with Gasteiger partial charge in [-0.2, -0.15) is 0 Å². The van der Waals surface area contributed by atoms with Crippen molar-refractivity contribution in [3.05, 3.63) is 41.3 Å². The van der Waals surface area contributed by atoms with Crippen molar-refractivity contribution in [2.75, 3.05) is 12.4 Å². The van der Waals surface area contributed by atoms with E-state index < -0.39 is 0 Å². The van der Waals surface area contributed by atoms with Crippen molar-refractivity contribution in [1.29, 1.82) is 0 Å². The third-order valence-corrected chi connectivity index (χ3v) is 3.96. The number of nitrogens with two attached hydrogens (primary N) is 1. The molecule has 1 aromatic heterocycles. The number of oxazole rings is 1. The predicted octanol–water partition coefficient (Wildman–Crippen LogP) is 3.48. The molecule has 20 heavy (non-hydrogen) atoms. The predicted molar refractivity (Wildman–Crippen MR) is 81.2 cm³/mol. The van der Waals surface area contributed by atoms with Crippen LogP contribution in [-0.2, 0) is 0 Å². The molecule has 2 aromatic rings. The Morgan fingerprint density at radius 3 is 2.55 bits per heavy atom. The quantitative estimate of drug-likeness (QED) is 0.826. The van der Waals surface area contributed by atoms with Crippen molar-refractivity contribution < 1.29 is 9.15 Å². The van der Waals surface area contributed by atoms with Gasteiger partial charge in [0.2, 0.25) is 0 Å². The number of ether oxygens (including phenoxy) is 1. The Bertz CT molecular complexity index is 532. The number of benzene rings is 1. The molecule has 0 spiro atoms. The van der Waals surface area contributed by atoms with Gasteiger partial charge in [0.15, 0.2) is 0 Å². The summed E-state index contributed by atoms with van der Waals surface area (Å²) in [7, 11) is 0. The van der Waals surface area contributed by atoms with E-state index in [2.05, 4.69) is 4.98 Å². The molecule has 0 aliphatic rings. The maximum absolute atomic E-state index is 6.18. The van der Waals surface area contributed by atoms with Crippen molar-refractivity contribution in [2.24, 2.45) is 5.73 Å². The summed E-state index contributed by atoms with van der Waals surface area (Å²) in [6, 6.07) is 7.85. The SMILES string of the molecule is CCOc1ccc(C(N)CSc2nc(C)c(C)o2)cc1. The first kappa shape index (κ1) is 14.9. The standard InChI is InChI=1S/C15H20N2O2S/c1-4-18-13-7-5-12(6-8-13)14(16)9-20-15-17-10(2)11(3)19-15/h5-8,14H,4,9,16H2,1-3H3. The molecule has 0 aliphatic carbocycles. The highest BCUT2D eigenvalue weighted by atomic mass is 32.2. The molecule has 108 valence electrons. The van der Waals surface area contributed by atoms with Gasteiger partial charge in [-0.15, -0.1) is 0 Å². The van der Waals surface area contributed by atoms with Gasteiger partial charge >= 0.3 is 0 Å². The molecule has 0 fully saturated rings. The van der Waals surface area contributed by atoms with Crippen LogP contribution in [0.3, 0.4) is 0 Å². The van der Waals surface area contributed by atoms with Crippen LogP contribution in [0.5, 0.6) is 5.75 Å². The zero-order valence-corrected chi connectivity index (χ0v) is 12.9. The summed E-state index contributed by atoms with van der Waals surface area (Å²) in [5.41, 5.74) is 8.20. The summed E-state index contributed by atoms with van der Waals surface area (Å²) in [5.74, 6) is 2.46. The van der Waals surface area contributed by atoms with E-state index in [9.17, 15) is 0 Å². The maximum atomic E-state index is 6.18. The molecule has 1 aromatic carbocycles. The van der Waals surface area contributed by atoms with E-state index in [1.807, 2.05) is 45.0 Å². The Hall–Kier alpha value is -1.46. The van der Waals surface area contributed by atoms with Crippen LogP contribution in [0.1, 0.15) is 30.0 Å². The zero-order valence-electron chi connectivity index (χ0n) is 12.1. The Morgan fingerprint density at radius 1 is 1.30 bits per heavy atom. The second-order valence-corrected chi connectivity index (χ2v) is 5.51. The van der Waals surface area contributed by atoms with Crippen LogP contribution in [0.15, 0.2) is 33.9 Å². The summed E-state index contributed by atoms with van der Waals surface area (Å²) >= 11 is 1.54. The van der Waals surface area contributed by atoms with Gasteiger partial charge < -0.3 is 14.9 Å². The number of thioether (sulfide) groups is 1. The van der Waals surface area contributed by atoms with Crippen LogP contribution >= 0.6 is 11.8 Å². The van der Waals surface area contributed by atoms with Crippen molar-refractivity contribution in [3.63, 3.8) is 0 Å². The number of rotatable bonds is 6. The molecular weight excluding hydrogens is 272 g/mol. The highest BCUT2D eigenvalue weighted by Gasteiger charge is 2.11. The van der Waals surface area contributed by atoms with Crippen LogP contribution in [0.25, 0.3) is 0 Å². The lowest BCUT2D eigenvalue weighted by molar-refractivity contribution is 0.340. The molecular formula is C15H20N2O2S. The molecule has 5 heteroatoms. The number of hydrogen-bond donors (Lipinski definition) is 1. The number of aryl methyl sites for hydroxylation is 2. The Kier molecular flexibility index (Phi) is 5.09. The first-order valence-corrected chi connectivity index (χ1v) is 7.64. The van der Waals surface area contributed by atoms with E-state index in [-0.39, 0.29) is 6.04 Å². The van der Waals surface area contributed by atoms with E-state index in [1.165, 1.54) is 11.8 Å². The van der Waals surface area contributed by atoms with E-state index >= 15 is 0 Å². The smallest absolute Gasteiger partial charge is 0.256 e. The third-order valence-electron chi connectivity index (χ3n) is 3.01. The lowest BCUT2D eigenvalue weighted by atomic mass is 10.1. The molecule has 0 saturated heterocycles. The fraction of sp³-hybridized carbons (Fsp3) is 0.400. The van der Waals surface area contributed by atoms with Gasteiger partial charge in [-0.1, -0.05) is 23.9 Å². The van der Waals surface area contributed by atoms with Crippen LogP contribution in [0.4, 0.5) is 0 Å². The first-order valence-electron chi connectivity index (χ1n) is 6.65. The largest absolute Gasteiger partial charge is 0.494 e. The van der Waals surface area contributed by atoms with Gasteiger partial charge in [0.25, 0.3) is 5.22 Å². The molecule has 0 bridgehead atoms. The zero-order chi connectivity index (χ0) is 14.5. The molecule has 0 amide bonds. The number of aromatic nitrogens is 1. The molecule has 0 radical (unpaired) electrons. The van der Waals surface area contributed by atoms with Gasteiger partial charge in [0.1, 0.15) is 11.5 Å². The van der Waals surface area contributed by atoms with E-state index in [1.54, 1.807) is 0 Å². The fourth-order valence-electron chi connectivity index (χ4n) is 1.74. The fourth-order valence-corrected chi connectivity index (χ4v) is 2.64. The van der Waals surface area contributed by atoms with Crippen molar-refractivity contribution in [2.45, 2.75) is 32.0 Å². The molecule has 2 rings (SSSR count). The van der Waals surface area contributed by atoms with E-state index in [0.717, 1.165) is 28.5 Å². The molecule has 4 nitrogen and oxygen atoms in total. The van der Waals surface area contributed by atoms with Gasteiger partial charge in [0.05, 0.1) is 12.3 Å². The van der Waals surface area contributed by atoms with Crippen LogP contribution in [0, 0.1) is 13.8 Å². The summed E-state index contributed by atoms with van der Waals surface area (Å²) in [5, 5.41) is 0.682. The lowest BCUT2D eigenvalue weighted by Crippen LogP contribution is -2.12. The highest BCUT2D eigenvalue weighted by molar-refractivity contribution is 7.99. The van der Waals surface area contributed by atoms with E-state index in [0.29, 0.717) is 11.8 Å². The highest BCUT2D eigenvalue weighted by Crippen LogP contribution is 2.25. The molecule has 2 N–H and O–H groups in total. The minimum Gasteiger partial charge on any atom is -0.494 e. The van der Waals surface area contributed by atoms with Gasteiger partial charge in [-0.25, -0.2) is 4.98 Å². The minimum absolute atomic E-state index is 0.0526. The van der Waals surface area contributed by atoms with Gasteiger partial charge in [0, 0.05) is 11.8 Å². The minimum atomic E-state index is -0.0526. The van der Waals surface area contributed by atoms with Crippen molar-refractivity contribution in [1.82, 2.24) is 4.98 Å². The molecule has 1 atom stereocenters. The molecule has 1 unspecified atom stereocenters. The number of hydrogen-bond acceptors (Lipinski definition) is 5. The number of nitrogens with zero attached hydrogens (tertiary/aromatic N) is 1. The first-order chi connectivity index (χ1) is 9.60. The van der Waals surface area contributed by atoms with Gasteiger partial charge in [-0.3, -0.25) is 0 Å². The van der Waals surface area contributed by atoms with Crippen LogP contribution < -0.4 is 10.5 Å². The van der Waals surface area contributed by atoms with Gasteiger partial charge in [-0.05, 0) is 38.5 Å². The molecule has 1 heterocycles.